The third-order valence-corrected chi connectivity index (χ3v) is 7.12. The minimum absolute atomic E-state index is 0.152. The lowest BCUT2D eigenvalue weighted by molar-refractivity contribution is 0.0525. The molecule has 0 N–H and O–H groups in total. The average Bonchev–Trinajstić information content (AvgIpc) is 3.19. The van der Waals surface area contributed by atoms with Crippen molar-refractivity contribution in [2.45, 2.75) is 85.3 Å². The molecule has 36 heavy (non-hydrogen) atoms. The van der Waals surface area contributed by atoms with E-state index in [9.17, 15) is 4.79 Å². The molecule has 0 radical (unpaired) electrons. The van der Waals surface area contributed by atoms with Crippen molar-refractivity contribution in [2.24, 2.45) is 5.92 Å². The second-order valence-electron chi connectivity index (χ2n) is 11.0. The molecule has 0 unspecified atom stereocenters. The normalized spacial score (nSPS) is 14.6. The molecular weight excluding hydrogens is 448 g/mol. The number of nitrogens with zero attached hydrogens (tertiary/aromatic N) is 2. The fourth-order valence-corrected chi connectivity index (χ4v) is 5.01. The topological polar surface area (TPSA) is 53.4 Å². The van der Waals surface area contributed by atoms with Gasteiger partial charge in [-0.3, -0.25) is 0 Å². The van der Waals surface area contributed by atoms with Crippen LogP contribution in [0, 0.1) is 12.8 Å². The second-order valence-corrected chi connectivity index (χ2v) is 11.0. The molecule has 0 bridgehead atoms. The standard InChI is InChI=1S/C31H40N2O3/c1-6-35-30(34)26-19-27(33(22(26)2)20-23-13-9-7-10-14-23)25-17-28(31(3,4)5)32-29(18-25)36-21-24-15-11-8-12-16-24/h8,11-12,15-19,23H,6-7,9-10,13-14,20-21H2,1-5H3. The van der Waals surface area contributed by atoms with Crippen LogP contribution in [0.1, 0.15) is 87.1 Å². The Balaban J connectivity index is 1.76. The summed E-state index contributed by atoms with van der Waals surface area (Å²) in [4.78, 5) is 17.7. The molecule has 3 aromatic rings. The van der Waals surface area contributed by atoms with Gasteiger partial charge in [0.25, 0.3) is 0 Å². The summed E-state index contributed by atoms with van der Waals surface area (Å²) in [5.41, 5.74) is 5.57. The van der Waals surface area contributed by atoms with E-state index in [2.05, 4.69) is 43.5 Å². The largest absolute Gasteiger partial charge is 0.473 e. The molecule has 2 aromatic heterocycles. The molecule has 4 rings (SSSR count). The molecule has 0 aliphatic heterocycles. The van der Waals surface area contributed by atoms with Crippen LogP contribution in [0.25, 0.3) is 11.3 Å². The summed E-state index contributed by atoms with van der Waals surface area (Å²) in [5.74, 6) is 0.961. The molecule has 1 saturated carbocycles. The van der Waals surface area contributed by atoms with E-state index in [1.165, 1.54) is 32.1 Å². The van der Waals surface area contributed by atoms with Crippen molar-refractivity contribution < 1.29 is 14.3 Å². The minimum Gasteiger partial charge on any atom is -0.473 e. The van der Waals surface area contributed by atoms with Crippen molar-refractivity contribution in [2.75, 3.05) is 6.61 Å². The third-order valence-electron chi connectivity index (χ3n) is 7.12. The molecule has 0 atom stereocenters. The number of aromatic nitrogens is 2. The Morgan fingerprint density at radius 1 is 1.06 bits per heavy atom. The Bertz CT molecular complexity index is 1170. The summed E-state index contributed by atoms with van der Waals surface area (Å²) in [6.45, 7) is 12.1. The average molecular weight is 489 g/mol. The number of benzene rings is 1. The number of carbonyl (C=O) groups is 1. The van der Waals surface area contributed by atoms with Crippen LogP contribution >= 0.6 is 0 Å². The number of carbonyl (C=O) groups excluding carboxylic acids is 1. The highest BCUT2D eigenvalue weighted by atomic mass is 16.5. The fourth-order valence-electron chi connectivity index (χ4n) is 5.01. The molecule has 0 spiro atoms. The zero-order valence-corrected chi connectivity index (χ0v) is 22.5. The van der Waals surface area contributed by atoms with Crippen LogP contribution in [-0.4, -0.2) is 22.1 Å². The number of esters is 1. The minimum atomic E-state index is -0.260. The van der Waals surface area contributed by atoms with Crippen LogP contribution in [0.3, 0.4) is 0 Å². The number of rotatable bonds is 8. The molecule has 1 aliphatic carbocycles. The van der Waals surface area contributed by atoms with Crippen molar-refractivity contribution in [1.82, 2.24) is 9.55 Å². The van der Waals surface area contributed by atoms with Crippen LogP contribution in [0.5, 0.6) is 5.88 Å². The van der Waals surface area contributed by atoms with Gasteiger partial charge in [-0.1, -0.05) is 70.4 Å². The van der Waals surface area contributed by atoms with E-state index < -0.39 is 0 Å². The molecular formula is C31H40N2O3. The summed E-state index contributed by atoms with van der Waals surface area (Å²) in [6.07, 6.45) is 6.36. The quantitative estimate of drug-likeness (QED) is 0.308. The smallest absolute Gasteiger partial charge is 0.339 e. The van der Waals surface area contributed by atoms with Crippen LogP contribution in [0.4, 0.5) is 0 Å². The van der Waals surface area contributed by atoms with Crippen LogP contribution in [0.15, 0.2) is 48.5 Å². The number of pyridine rings is 1. The third kappa shape index (κ3) is 6.18. The first-order valence-corrected chi connectivity index (χ1v) is 13.3. The lowest BCUT2D eigenvalue weighted by atomic mass is 9.89. The van der Waals surface area contributed by atoms with Gasteiger partial charge in [0.1, 0.15) is 6.61 Å². The zero-order chi connectivity index (χ0) is 25.7. The van der Waals surface area contributed by atoms with E-state index in [0.717, 1.165) is 34.8 Å². The van der Waals surface area contributed by atoms with Crippen LogP contribution < -0.4 is 4.74 Å². The molecule has 1 fully saturated rings. The van der Waals surface area contributed by atoms with Crippen molar-refractivity contribution >= 4 is 5.97 Å². The lowest BCUT2D eigenvalue weighted by Crippen LogP contribution is -2.17. The first-order chi connectivity index (χ1) is 17.3. The number of hydrogen-bond acceptors (Lipinski definition) is 4. The van der Waals surface area contributed by atoms with Gasteiger partial charge in [-0.2, -0.15) is 0 Å². The van der Waals surface area contributed by atoms with Gasteiger partial charge in [0.05, 0.1) is 17.9 Å². The van der Waals surface area contributed by atoms with Crippen molar-refractivity contribution in [1.29, 1.82) is 0 Å². The predicted octanol–water partition coefficient (Wildman–Crippen LogP) is 7.49. The molecule has 0 saturated heterocycles. The van der Waals surface area contributed by atoms with E-state index >= 15 is 0 Å². The number of hydrogen-bond donors (Lipinski definition) is 0. The zero-order valence-electron chi connectivity index (χ0n) is 22.5. The number of ether oxygens (including phenoxy) is 2. The summed E-state index contributed by atoms with van der Waals surface area (Å²) in [6, 6.07) is 16.3. The van der Waals surface area contributed by atoms with E-state index in [0.29, 0.717) is 30.6 Å². The first kappa shape index (κ1) is 26.0. The molecule has 192 valence electrons. The molecule has 5 nitrogen and oxygen atoms in total. The monoisotopic (exact) mass is 488 g/mol. The van der Waals surface area contributed by atoms with Gasteiger partial charge >= 0.3 is 5.97 Å². The van der Waals surface area contributed by atoms with Crippen molar-refractivity contribution in [3.05, 3.63) is 71.0 Å². The van der Waals surface area contributed by atoms with E-state index in [1.807, 2.05) is 44.2 Å². The predicted molar refractivity (Wildman–Crippen MR) is 144 cm³/mol. The van der Waals surface area contributed by atoms with Gasteiger partial charge < -0.3 is 14.0 Å². The van der Waals surface area contributed by atoms with Gasteiger partial charge in [0.2, 0.25) is 5.88 Å². The Morgan fingerprint density at radius 3 is 2.44 bits per heavy atom. The molecule has 1 aliphatic rings. The van der Waals surface area contributed by atoms with Gasteiger partial charge in [-0.25, -0.2) is 9.78 Å². The van der Waals surface area contributed by atoms with Gasteiger partial charge in [-0.15, -0.1) is 0 Å². The molecule has 5 heteroatoms. The fraction of sp³-hybridized carbons (Fsp3) is 0.484. The Kier molecular flexibility index (Phi) is 8.17. The highest BCUT2D eigenvalue weighted by Crippen LogP contribution is 2.35. The van der Waals surface area contributed by atoms with Crippen LogP contribution in [-0.2, 0) is 23.3 Å². The summed E-state index contributed by atoms with van der Waals surface area (Å²) in [7, 11) is 0. The van der Waals surface area contributed by atoms with Crippen molar-refractivity contribution in [3.8, 4) is 17.1 Å². The van der Waals surface area contributed by atoms with E-state index in [4.69, 9.17) is 14.5 Å². The van der Waals surface area contributed by atoms with Gasteiger partial charge in [-0.05, 0) is 50.3 Å². The highest BCUT2D eigenvalue weighted by Gasteiger charge is 2.25. The van der Waals surface area contributed by atoms with E-state index in [-0.39, 0.29) is 11.4 Å². The second kappa shape index (κ2) is 11.3. The van der Waals surface area contributed by atoms with E-state index in [1.54, 1.807) is 0 Å². The molecule has 0 amide bonds. The van der Waals surface area contributed by atoms with Crippen LogP contribution in [0.2, 0.25) is 0 Å². The summed E-state index contributed by atoms with van der Waals surface area (Å²) in [5, 5.41) is 0. The maximum atomic E-state index is 12.8. The summed E-state index contributed by atoms with van der Waals surface area (Å²) >= 11 is 0. The maximum absolute atomic E-state index is 12.8. The van der Waals surface area contributed by atoms with Gasteiger partial charge in [0.15, 0.2) is 0 Å². The summed E-state index contributed by atoms with van der Waals surface area (Å²) < 4.78 is 13.9. The highest BCUT2D eigenvalue weighted by molar-refractivity contribution is 5.92. The molecule has 1 aromatic carbocycles. The van der Waals surface area contributed by atoms with Gasteiger partial charge in [0, 0.05) is 35.0 Å². The Morgan fingerprint density at radius 2 is 1.78 bits per heavy atom. The Labute approximate surface area is 215 Å². The maximum Gasteiger partial charge on any atom is 0.339 e. The Hall–Kier alpha value is -3.08. The lowest BCUT2D eigenvalue weighted by Gasteiger charge is -2.25. The SMILES string of the molecule is CCOC(=O)c1cc(-c2cc(OCc3ccccc3)nc(C(C)(C)C)c2)n(CC2CCCCC2)c1C. The first-order valence-electron chi connectivity index (χ1n) is 13.3. The van der Waals surface area contributed by atoms with Crippen molar-refractivity contribution in [3.63, 3.8) is 0 Å². The molecule has 2 heterocycles.